The lowest BCUT2D eigenvalue weighted by Gasteiger charge is -2.10. The topological polar surface area (TPSA) is 95.3 Å². The number of hydrogen-bond donors (Lipinski definition) is 1. The van der Waals surface area contributed by atoms with Crippen molar-refractivity contribution in [3.8, 4) is 0 Å². The maximum Gasteiger partial charge on any atom is 0.407 e. The molecular weight excluding hydrogens is 264 g/mol. The molecule has 2 heterocycles. The summed E-state index contributed by atoms with van der Waals surface area (Å²) in [6, 6.07) is 0. The maximum absolute atomic E-state index is 11.9. The number of carbonyl (C=O) groups excluding carboxylic acids is 2. The van der Waals surface area contributed by atoms with Crippen molar-refractivity contribution in [1.82, 2.24) is 20.3 Å². The van der Waals surface area contributed by atoms with Gasteiger partial charge in [0.15, 0.2) is 5.69 Å². The van der Waals surface area contributed by atoms with E-state index in [4.69, 9.17) is 9.47 Å². The fraction of sp³-hybridized carbons (Fsp3) is 0.667. The van der Waals surface area contributed by atoms with E-state index < -0.39 is 12.1 Å². The second-order valence-corrected chi connectivity index (χ2v) is 4.91. The second-order valence-electron chi connectivity index (χ2n) is 4.91. The van der Waals surface area contributed by atoms with Crippen molar-refractivity contribution >= 4 is 12.1 Å². The number of carbonyl (C=O) groups is 2. The van der Waals surface area contributed by atoms with Crippen LogP contribution in [0.25, 0.3) is 0 Å². The summed E-state index contributed by atoms with van der Waals surface area (Å²) in [6.45, 7) is 2.90. The summed E-state index contributed by atoms with van der Waals surface area (Å²) < 4.78 is 11.7. The maximum atomic E-state index is 11.9. The van der Waals surface area contributed by atoms with Gasteiger partial charge in [-0.05, 0) is 19.8 Å². The van der Waals surface area contributed by atoms with E-state index in [-0.39, 0.29) is 11.8 Å². The van der Waals surface area contributed by atoms with E-state index in [1.807, 2.05) is 0 Å². The van der Waals surface area contributed by atoms with E-state index in [0.717, 1.165) is 18.5 Å². The van der Waals surface area contributed by atoms with Gasteiger partial charge in [-0.25, -0.2) is 14.3 Å². The molecule has 1 aliphatic carbocycles. The van der Waals surface area contributed by atoms with Crippen LogP contribution in [0.15, 0.2) is 0 Å². The van der Waals surface area contributed by atoms with Crippen LogP contribution in [0, 0.1) is 0 Å². The summed E-state index contributed by atoms with van der Waals surface area (Å²) in [4.78, 5) is 22.9. The summed E-state index contributed by atoms with van der Waals surface area (Å²) in [6.07, 6.45) is 1.33. The monoisotopic (exact) mass is 280 g/mol. The molecule has 108 valence electrons. The lowest BCUT2D eigenvalue weighted by Crippen LogP contribution is -2.22. The summed E-state index contributed by atoms with van der Waals surface area (Å²) in [5, 5.41) is 10.5. The predicted octanol–water partition coefficient (Wildman–Crippen LogP) is 0.441. The van der Waals surface area contributed by atoms with E-state index in [9.17, 15) is 9.59 Å². The zero-order valence-corrected chi connectivity index (χ0v) is 11.2. The number of hydrogen-bond acceptors (Lipinski definition) is 6. The Balaban J connectivity index is 1.80. The third kappa shape index (κ3) is 2.45. The van der Waals surface area contributed by atoms with Crippen LogP contribution in [0.3, 0.4) is 0 Å². The Bertz CT molecular complexity index is 538. The molecule has 1 amide bonds. The molecule has 2 fully saturated rings. The lowest BCUT2D eigenvalue weighted by molar-refractivity contribution is 0.0517. The summed E-state index contributed by atoms with van der Waals surface area (Å²) >= 11 is 0. The van der Waals surface area contributed by atoms with Gasteiger partial charge in [-0.2, -0.15) is 0 Å². The first-order chi connectivity index (χ1) is 9.69. The highest BCUT2D eigenvalue weighted by Gasteiger charge is 2.35. The minimum absolute atomic E-state index is 0.281. The molecule has 0 radical (unpaired) electrons. The molecule has 1 atom stereocenters. The molecule has 3 rings (SSSR count). The molecule has 2 aliphatic rings. The highest BCUT2D eigenvalue weighted by molar-refractivity contribution is 5.88. The number of esters is 1. The number of alkyl carbamates (subject to hydrolysis) is 1. The Morgan fingerprint density at radius 1 is 1.55 bits per heavy atom. The van der Waals surface area contributed by atoms with Crippen LogP contribution in [0.5, 0.6) is 0 Å². The van der Waals surface area contributed by atoms with Gasteiger partial charge >= 0.3 is 12.1 Å². The van der Waals surface area contributed by atoms with Gasteiger partial charge in [0.1, 0.15) is 6.10 Å². The molecule has 1 N–H and O–H groups in total. The van der Waals surface area contributed by atoms with Crippen molar-refractivity contribution in [3.05, 3.63) is 11.4 Å². The van der Waals surface area contributed by atoms with Gasteiger partial charge in [-0.3, -0.25) is 0 Å². The van der Waals surface area contributed by atoms with Crippen molar-refractivity contribution in [1.29, 1.82) is 0 Å². The van der Waals surface area contributed by atoms with Gasteiger partial charge in [-0.1, -0.05) is 5.21 Å². The van der Waals surface area contributed by atoms with Crippen LogP contribution in [0.1, 0.15) is 41.9 Å². The normalized spacial score (nSPS) is 21.4. The van der Waals surface area contributed by atoms with Crippen LogP contribution < -0.4 is 5.32 Å². The van der Waals surface area contributed by atoms with Gasteiger partial charge < -0.3 is 14.8 Å². The van der Waals surface area contributed by atoms with E-state index in [1.165, 1.54) is 0 Å². The van der Waals surface area contributed by atoms with Gasteiger partial charge in [0.05, 0.1) is 25.4 Å². The molecule has 1 aromatic heterocycles. The quantitative estimate of drug-likeness (QED) is 0.786. The number of rotatable bonds is 5. The third-order valence-corrected chi connectivity index (χ3v) is 3.33. The predicted molar refractivity (Wildman–Crippen MR) is 66.2 cm³/mol. The molecule has 0 bridgehead atoms. The fourth-order valence-electron chi connectivity index (χ4n) is 2.29. The highest BCUT2D eigenvalue weighted by atomic mass is 16.6. The van der Waals surface area contributed by atoms with E-state index in [0.29, 0.717) is 25.6 Å². The fourth-order valence-corrected chi connectivity index (χ4v) is 2.29. The molecule has 0 aromatic carbocycles. The molecule has 20 heavy (non-hydrogen) atoms. The number of amides is 1. The van der Waals surface area contributed by atoms with Crippen LogP contribution in [0.2, 0.25) is 0 Å². The van der Waals surface area contributed by atoms with E-state index >= 15 is 0 Å². The molecule has 1 saturated carbocycles. The first-order valence-electron chi connectivity index (χ1n) is 6.74. The van der Waals surface area contributed by atoms with E-state index in [2.05, 4.69) is 15.6 Å². The Morgan fingerprint density at radius 2 is 2.35 bits per heavy atom. The molecule has 0 spiro atoms. The van der Waals surface area contributed by atoms with Crippen molar-refractivity contribution < 1.29 is 19.1 Å². The Labute approximate surface area is 115 Å². The van der Waals surface area contributed by atoms with E-state index in [1.54, 1.807) is 11.6 Å². The average Bonchev–Trinajstić information content (AvgIpc) is 3.05. The number of ether oxygens (including phenoxy) is 2. The number of aromatic nitrogens is 3. The summed E-state index contributed by atoms with van der Waals surface area (Å²) in [5.41, 5.74) is 1.08. The van der Waals surface area contributed by atoms with Crippen molar-refractivity contribution in [3.63, 3.8) is 0 Å². The first kappa shape index (κ1) is 12.9. The lowest BCUT2D eigenvalue weighted by atomic mass is 10.2. The Hall–Kier alpha value is -2.12. The highest BCUT2D eigenvalue weighted by Crippen LogP contribution is 2.41. The Morgan fingerprint density at radius 3 is 2.95 bits per heavy atom. The number of nitrogens with one attached hydrogen (secondary N) is 1. The van der Waals surface area contributed by atoms with Crippen molar-refractivity contribution in [2.24, 2.45) is 0 Å². The van der Waals surface area contributed by atoms with Gasteiger partial charge in [0.25, 0.3) is 0 Å². The Kier molecular flexibility index (Phi) is 3.29. The van der Waals surface area contributed by atoms with Gasteiger partial charge in [0.2, 0.25) is 0 Å². The molecular formula is C12H16N4O4. The largest absolute Gasteiger partial charge is 0.461 e. The molecule has 8 nitrogen and oxygen atoms in total. The second kappa shape index (κ2) is 5.10. The van der Waals surface area contributed by atoms with Gasteiger partial charge in [0, 0.05) is 5.92 Å². The third-order valence-electron chi connectivity index (χ3n) is 3.33. The number of nitrogens with zero attached hydrogens (tertiary/aromatic N) is 3. The molecule has 1 saturated heterocycles. The SMILES string of the molecule is CCOC(=O)c1nnn(CC2CNC(=O)O2)c1C1CC1. The van der Waals surface area contributed by atoms with Crippen LogP contribution in [-0.2, 0) is 16.0 Å². The van der Waals surface area contributed by atoms with Crippen molar-refractivity contribution in [2.45, 2.75) is 38.3 Å². The summed E-state index contributed by atoms with van der Waals surface area (Å²) in [5.74, 6) is -0.142. The average molecular weight is 280 g/mol. The van der Waals surface area contributed by atoms with Gasteiger partial charge in [-0.15, -0.1) is 5.10 Å². The first-order valence-corrected chi connectivity index (χ1v) is 6.74. The summed E-state index contributed by atoms with van der Waals surface area (Å²) in [7, 11) is 0. The van der Waals surface area contributed by atoms with Crippen LogP contribution in [0.4, 0.5) is 4.79 Å². The number of cyclic esters (lactones) is 1. The smallest absolute Gasteiger partial charge is 0.407 e. The minimum atomic E-state index is -0.442. The molecule has 1 unspecified atom stereocenters. The zero-order valence-electron chi connectivity index (χ0n) is 11.2. The standard InChI is InChI=1S/C12H16N4O4/c1-2-19-11(17)9-10(7-3-4-7)16(15-14-9)6-8-5-13-12(18)20-8/h7-8H,2-6H2,1H3,(H,13,18). The minimum Gasteiger partial charge on any atom is -0.461 e. The zero-order chi connectivity index (χ0) is 14.1. The van der Waals surface area contributed by atoms with Crippen LogP contribution >= 0.6 is 0 Å². The van der Waals surface area contributed by atoms with Crippen LogP contribution in [-0.4, -0.2) is 46.3 Å². The molecule has 1 aliphatic heterocycles. The molecule has 8 heteroatoms. The van der Waals surface area contributed by atoms with Crippen molar-refractivity contribution in [2.75, 3.05) is 13.2 Å². The molecule has 1 aromatic rings.